The van der Waals surface area contributed by atoms with E-state index in [-0.39, 0.29) is 31.1 Å². The summed E-state index contributed by atoms with van der Waals surface area (Å²) in [6, 6.07) is 0. The van der Waals surface area contributed by atoms with E-state index in [1.165, 1.54) is 135 Å². The topological polar surface area (TPSA) is 78.9 Å². The lowest BCUT2D eigenvalue weighted by molar-refractivity contribution is -0.167. The Balaban J connectivity index is 4.10. The van der Waals surface area contributed by atoms with E-state index in [1.54, 1.807) is 0 Å². The van der Waals surface area contributed by atoms with Gasteiger partial charge in [-0.25, -0.2) is 0 Å². The fourth-order valence-corrected chi connectivity index (χ4v) is 8.78. The summed E-state index contributed by atoms with van der Waals surface area (Å²) in [7, 11) is 0. The average Bonchev–Trinajstić information content (AvgIpc) is 3.39. The van der Waals surface area contributed by atoms with Crippen LogP contribution in [-0.2, 0) is 28.6 Å². The highest BCUT2D eigenvalue weighted by Gasteiger charge is 2.19. The van der Waals surface area contributed by atoms with Crippen LogP contribution in [0.15, 0.2) is 85.1 Å². The average molecular weight is 1020 g/mol. The van der Waals surface area contributed by atoms with Crippen LogP contribution in [0.2, 0.25) is 0 Å². The van der Waals surface area contributed by atoms with E-state index in [2.05, 4.69) is 106 Å². The summed E-state index contributed by atoms with van der Waals surface area (Å²) in [5.74, 6) is -0.904. The Morgan fingerprint density at radius 3 is 0.836 bits per heavy atom. The van der Waals surface area contributed by atoms with Crippen molar-refractivity contribution >= 4 is 17.9 Å². The summed E-state index contributed by atoms with van der Waals surface area (Å²) in [5, 5.41) is 0. The zero-order valence-electron chi connectivity index (χ0n) is 48.1. The summed E-state index contributed by atoms with van der Waals surface area (Å²) in [5.41, 5.74) is 0. The predicted molar refractivity (Wildman–Crippen MR) is 316 cm³/mol. The second-order valence-corrected chi connectivity index (χ2v) is 20.6. The molecule has 0 aromatic rings. The van der Waals surface area contributed by atoms with Crippen molar-refractivity contribution in [1.29, 1.82) is 0 Å². The number of rotatable bonds is 56. The standard InChI is InChI=1S/C67H116O6/c1-4-7-10-13-15-17-19-21-23-25-27-29-31-32-33-34-36-37-39-41-43-45-47-49-51-54-57-60-66(69)72-63-64(62-71-65(68)59-56-53-12-9-6-3)73-67(70)61-58-55-52-50-48-46-44-42-40-38-35-30-28-26-24-22-20-18-16-14-11-8-5-2/h7,10,15,17,21,23,27,29,32-33,36-37,41,43,64H,4-6,8-9,11-14,16,18-20,22,24-26,28,30-31,34-35,38-40,42,44-63H2,1-3H3/b10-7-,17-15-,23-21-,29-27-,33-32-,37-36-,43-41-. The molecule has 0 rings (SSSR count). The normalized spacial score (nSPS) is 12.6. The summed E-state index contributed by atoms with van der Waals surface area (Å²) >= 11 is 0. The van der Waals surface area contributed by atoms with Crippen LogP contribution in [0.25, 0.3) is 0 Å². The number of unbranched alkanes of at least 4 members (excludes halogenated alkanes) is 31. The Morgan fingerprint density at radius 1 is 0.288 bits per heavy atom. The van der Waals surface area contributed by atoms with Crippen LogP contribution in [0.4, 0.5) is 0 Å². The van der Waals surface area contributed by atoms with Crippen LogP contribution in [0.5, 0.6) is 0 Å². The summed E-state index contributed by atoms with van der Waals surface area (Å²) in [6.45, 7) is 6.46. The highest BCUT2D eigenvalue weighted by atomic mass is 16.6. The van der Waals surface area contributed by atoms with Gasteiger partial charge in [-0.1, -0.05) is 292 Å². The van der Waals surface area contributed by atoms with Crippen molar-refractivity contribution in [3.05, 3.63) is 85.1 Å². The lowest BCUT2D eigenvalue weighted by Crippen LogP contribution is -2.30. The van der Waals surface area contributed by atoms with Gasteiger partial charge in [0, 0.05) is 19.3 Å². The molecule has 0 N–H and O–H groups in total. The molecule has 1 atom stereocenters. The maximum absolute atomic E-state index is 12.8. The van der Waals surface area contributed by atoms with Crippen LogP contribution in [0.1, 0.15) is 303 Å². The molecule has 0 amide bonds. The van der Waals surface area contributed by atoms with Crippen molar-refractivity contribution in [2.75, 3.05) is 13.2 Å². The van der Waals surface area contributed by atoms with Gasteiger partial charge in [0.25, 0.3) is 0 Å². The molecule has 0 aliphatic heterocycles. The third-order valence-corrected chi connectivity index (χ3v) is 13.4. The summed E-state index contributed by atoms with van der Waals surface area (Å²) < 4.78 is 16.7. The molecule has 6 nitrogen and oxygen atoms in total. The molecular formula is C67H116O6. The maximum Gasteiger partial charge on any atom is 0.306 e. The molecule has 1 unspecified atom stereocenters. The molecule has 0 aliphatic carbocycles. The van der Waals surface area contributed by atoms with E-state index in [9.17, 15) is 14.4 Å². The van der Waals surface area contributed by atoms with Gasteiger partial charge >= 0.3 is 17.9 Å². The van der Waals surface area contributed by atoms with E-state index in [4.69, 9.17) is 14.2 Å². The van der Waals surface area contributed by atoms with Gasteiger partial charge in [-0.15, -0.1) is 0 Å². The molecule has 6 heteroatoms. The Kier molecular flexibility index (Phi) is 58.3. The zero-order valence-corrected chi connectivity index (χ0v) is 48.1. The molecule has 73 heavy (non-hydrogen) atoms. The largest absolute Gasteiger partial charge is 0.462 e. The predicted octanol–water partition coefficient (Wildman–Crippen LogP) is 21.1. The van der Waals surface area contributed by atoms with E-state index >= 15 is 0 Å². The highest BCUT2D eigenvalue weighted by Crippen LogP contribution is 2.17. The molecule has 0 heterocycles. The number of hydrogen-bond donors (Lipinski definition) is 0. The molecule has 0 aliphatic rings. The number of allylic oxidation sites excluding steroid dienone is 14. The molecule has 0 radical (unpaired) electrons. The van der Waals surface area contributed by atoms with Crippen LogP contribution >= 0.6 is 0 Å². The third kappa shape index (κ3) is 59.3. The smallest absolute Gasteiger partial charge is 0.306 e. The van der Waals surface area contributed by atoms with Gasteiger partial charge in [0.2, 0.25) is 0 Å². The Bertz CT molecular complexity index is 1400. The number of carbonyl (C=O) groups excluding carboxylic acids is 3. The molecule has 420 valence electrons. The summed E-state index contributed by atoms with van der Waals surface area (Å²) in [4.78, 5) is 37.9. The molecule has 0 saturated heterocycles. The molecule has 0 bridgehead atoms. The van der Waals surface area contributed by atoms with Crippen molar-refractivity contribution in [2.24, 2.45) is 0 Å². The van der Waals surface area contributed by atoms with E-state index in [0.717, 1.165) is 128 Å². The van der Waals surface area contributed by atoms with Crippen molar-refractivity contribution in [3.63, 3.8) is 0 Å². The lowest BCUT2D eigenvalue weighted by Gasteiger charge is -2.18. The quantitative estimate of drug-likeness (QED) is 0.0261. The Hall–Kier alpha value is -3.41. The van der Waals surface area contributed by atoms with Crippen molar-refractivity contribution in [2.45, 2.75) is 309 Å². The number of ether oxygens (including phenoxy) is 3. The van der Waals surface area contributed by atoms with Gasteiger partial charge in [-0.05, 0) is 77.0 Å². The highest BCUT2D eigenvalue weighted by molar-refractivity contribution is 5.71. The van der Waals surface area contributed by atoms with Gasteiger partial charge in [-0.3, -0.25) is 14.4 Å². The van der Waals surface area contributed by atoms with E-state index < -0.39 is 6.10 Å². The fraction of sp³-hybridized carbons (Fsp3) is 0.746. The maximum atomic E-state index is 12.8. The van der Waals surface area contributed by atoms with Gasteiger partial charge in [0.15, 0.2) is 6.10 Å². The van der Waals surface area contributed by atoms with Crippen molar-refractivity contribution in [1.82, 2.24) is 0 Å². The lowest BCUT2D eigenvalue weighted by atomic mass is 10.0. The molecule has 0 saturated carbocycles. The zero-order chi connectivity index (χ0) is 52.9. The summed E-state index contributed by atoms with van der Waals surface area (Å²) in [6.07, 6.45) is 80.6. The number of esters is 3. The van der Waals surface area contributed by atoms with Crippen LogP contribution in [0, 0.1) is 0 Å². The van der Waals surface area contributed by atoms with Crippen molar-refractivity contribution < 1.29 is 28.6 Å². The monoisotopic (exact) mass is 1020 g/mol. The van der Waals surface area contributed by atoms with Gasteiger partial charge in [-0.2, -0.15) is 0 Å². The second-order valence-electron chi connectivity index (χ2n) is 20.6. The molecule has 0 aromatic heterocycles. The molecule has 0 spiro atoms. The molecule has 0 aromatic carbocycles. The Morgan fingerprint density at radius 2 is 0.534 bits per heavy atom. The molecule has 0 fully saturated rings. The second kappa shape index (κ2) is 61.1. The first-order chi connectivity index (χ1) is 36.0. The first-order valence-corrected chi connectivity index (χ1v) is 31.1. The fourth-order valence-electron chi connectivity index (χ4n) is 8.78. The number of hydrogen-bond acceptors (Lipinski definition) is 6. The minimum atomic E-state index is -0.780. The first kappa shape index (κ1) is 69.6. The minimum Gasteiger partial charge on any atom is -0.462 e. The van der Waals surface area contributed by atoms with E-state index in [0.29, 0.717) is 19.3 Å². The van der Waals surface area contributed by atoms with Gasteiger partial charge in [0.1, 0.15) is 13.2 Å². The van der Waals surface area contributed by atoms with Gasteiger partial charge in [0.05, 0.1) is 0 Å². The number of carbonyl (C=O) groups is 3. The van der Waals surface area contributed by atoms with Crippen LogP contribution in [-0.4, -0.2) is 37.2 Å². The Labute approximate surface area is 452 Å². The van der Waals surface area contributed by atoms with Crippen molar-refractivity contribution in [3.8, 4) is 0 Å². The van der Waals surface area contributed by atoms with Crippen LogP contribution < -0.4 is 0 Å². The first-order valence-electron chi connectivity index (χ1n) is 31.1. The SMILES string of the molecule is CC/C=C\C/C=C\C/C=C\C/C=C\C/C=C\C/C=C\C/C=C\CCCCCCCC(=O)OCC(COC(=O)CCCCCCC)OC(=O)CCCCCCCCCCCCCCCCCCCCCCCCC. The minimum absolute atomic E-state index is 0.0813. The van der Waals surface area contributed by atoms with E-state index in [1.807, 2.05) is 0 Å². The third-order valence-electron chi connectivity index (χ3n) is 13.4. The van der Waals surface area contributed by atoms with Gasteiger partial charge < -0.3 is 14.2 Å². The molecular weight excluding hydrogens is 901 g/mol. The van der Waals surface area contributed by atoms with Crippen LogP contribution in [0.3, 0.4) is 0 Å².